The molecule has 0 aliphatic heterocycles. The lowest BCUT2D eigenvalue weighted by atomic mass is 10.2. The largest absolute Gasteiger partial charge is 0.384 e. The number of aromatic nitrogens is 3. The standard InChI is InChI=1S/C21H23ClN4O/c1-27-11-9-21-24-12-17(13-25-21)14-26(16-19-7-4-5-10-23-19)15-18-6-2-3-8-20(18)22/h2-8,10,12-13H,9,11,14-16H2,1H3. The van der Waals surface area contributed by atoms with Crippen molar-refractivity contribution in [1.82, 2.24) is 19.9 Å². The van der Waals surface area contributed by atoms with Gasteiger partial charge in [-0.2, -0.15) is 0 Å². The van der Waals surface area contributed by atoms with Crippen molar-refractivity contribution in [1.29, 1.82) is 0 Å². The first-order valence-electron chi connectivity index (χ1n) is 8.89. The lowest BCUT2D eigenvalue weighted by molar-refractivity contribution is 0.200. The predicted octanol–water partition coefficient (Wildman–Crippen LogP) is 3.92. The number of hydrogen-bond donors (Lipinski definition) is 0. The van der Waals surface area contributed by atoms with Gasteiger partial charge in [0.2, 0.25) is 0 Å². The Bertz CT molecular complexity index is 827. The third-order valence-corrected chi connectivity index (χ3v) is 4.53. The van der Waals surface area contributed by atoms with Crippen molar-refractivity contribution in [3.63, 3.8) is 0 Å². The highest BCUT2D eigenvalue weighted by Crippen LogP contribution is 2.19. The van der Waals surface area contributed by atoms with Crippen LogP contribution in [-0.4, -0.2) is 33.6 Å². The van der Waals surface area contributed by atoms with Gasteiger partial charge in [-0.1, -0.05) is 35.9 Å². The maximum atomic E-state index is 6.36. The van der Waals surface area contributed by atoms with Gasteiger partial charge in [0.15, 0.2) is 0 Å². The molecule has 0 saturated carbocycles. The van der Waals surface area contributed by atoms with Crippen molar-refractivity contribution in [2.45, 2.75) is 26.1 Å². The summed E-state index contributed by atoms with van der Waals surface area (Å²) in [6.45, 7) is 2.78. The van der Waals surface area contributed by atoms with Crippen molar-refractivity contribution in [3.05, 3.63) is 88.7 Å². The average molecular weight is 383 g/mol. The first-order valence-corrected chi connectivity index (χ1v) is 9.27. The molecular weight excluding hydrogens is 360 g/mol. The molecule has 0 spiro atoms. The highest BCUT2D eigenvalue weighted by atomic mass is 35.5. The summed E-state index contributed by atoms with van der Waals surface area (Å²) in [6.07, 6.45) is 6.30. The maximum absolute atomic E-state index is 6.36. The molecule has 140 valence electrons. The van der Waals surface area contributed by atoms with Crippen LogP contribution in [-0.2, 0) is 30.8 Å². The lowest BCUT2D eigenvalue weighted by Gasteiger charge is -2.22. The fraction of sp³-hybridized carbons (Fsp3) is 0.286. The Morgan fingerprint density at radius 3 is 2.41 bits per heavy atom. The number of rotatable bonds is 9. The number of ether oxygens (including phenoxy) is 1. The van der Waals surface area contributed by atoms with Gasteiger partial charge in [0.25, 0.3) is 0 Å². The molecule has 3 aromatic rings. The summed E-state index contributed by atoms with van der Waals surface area (Å²) in [7, 11) is 1.68. The quantitative estimate of drug-likeness (QED) is 0.561. The van der Waals surface area contributed by atoms with Crippen LogP contribution in [0.2, 0.25) is 5.02 Å². The smallest absolute Gasteiger partial charge is 0.130 e. The normalized spacial score (nSPS) is 11.1. The Morgan fingerprint density at radius 1 is 0.926 bits per heavy atom. The van der Waals surface area contributed by atoms with Gasteiger partial charge in [-0.25, -0.2) is 9.97 Å². The first kappa shape index (κ1) is 19.4. The van der Waals surface area contributed by atoms with Crippen LogP contribution in [0.15, 0.2) is 61.1 Å². The van der Waals surface area contributed by atoms with E-state index in [1.54, 1.807) is 7.11 Å². The van der Waals surface area contributed by atoms with E-state index in [1.807, 2.05) is 55.0 Å². The zero-order valence-corrected chi connectivity index (χ0v) is 16.1. The zero-order chi connectivity index (χ0) is 18.9. The van der Waals surface area contributed by atoms with E-state index in [0.717, 1.165) is 40.8 Å². The summed E-state index contributed by atoms with van der Waals surface area (Å²) >= 11 is 6.36. The number of halogens is 1. The number of hydrogen-bond acceptors (Lipinski definition) is 5. The molecule has 0 N–H and O–H groups in total. The Morgan fingerprint density at radius 2 is 1.70 bits per heavy atom. The molecule has 1 aromatic carbocycles. The molecule has 0 aliphatic rings. The number of benzene rings is 1. The Hall–Kier alpha value is -2.34. The van der Waals surface area contributed by atoms with Crippen LogP contribution in [0.3, 0.4) is 0 Å². The Kier molecular flexibility index (Phi) is 7.27. The molecular formula is C21H23ClN4O. The van der Waals surface area contributed by atoms with Crippen molar-refractivity contribution < 1.29 is 4.74 Å². The van der Waals surface area contributed by atoms with Crippen LogP contribution < -0.4 is 0 Å². The Balaban J connectivity index is 1.73. The molecule has 0 atom stereocenters. The fourth-order valence-electron chi connectivity index (χ4n) is 2.80. The molecule has 2 aromatic heterocycles. The Labute approximate surface area is 165 Å². The molecule has 2 heterocycles. The van der Waals surface area contributed by atoms with Crippen LogP contribution >= 0.6 is 11.6 Å². The van der Waals surface area contributed by atoms with E-state index >= 15 is 0 Å². The molecule has 3 rings (SSSR count). The second kappa shape index (κ2) is 10.1. The van der Waals surface area contributed by atoms with Gasteiger partial charge in [-0.05, 0) is 23.8 Å². The summed E-state index contributed by atoms with van der Waals surface area (Å²) in [4.78, 5) is 15.6. The monoisotopic (exact) mass is 382 g/mol. The summed E-state index contributed by atoms with van der Waals surface area (Å²) in [6, 6.07) is 13.9. The van der Waals surface area contributed by atoms with E-state index in [2.05, 4.69) is 25.9 Å². The summed E-state index contributed by atoms with van der Waals surface area (Å²) in [5.41, 5.74) is 3.16. The highest BCUT2D eigenvalue weighted by Gasteiger charge is 2.12. The minimum absolute atomic E-state index is 0.623. The zero-order valence-electron chi connectivity index (χ0n) is 15.4. The van der Waals surface area contributed by atoms with Crippen LogP contribution in [0.25, 0.3) is 0 Å². The van der Waals surface area contributed by atoms with Gasteiger partial charge < -0.3 is 4.74 Å². The summed E-state index contributed by atoms with van der Waals surface area (Å²) in [5.74, 6) is 0.794. The van der Waals surface area contributed by atoms with E-state index in [9.17, 15) is 0 Å². The average Bonchev–Trinajstić information content (AvgIpc) is 2.70. The topological polar surface area (TPSA) is 51.1 Å². The van der Waals surface area contributed by atoms with Crippen LogP contribution in [0, 0.1) is 0 Å². The molecule has 0 amide bonds. The number of methoxy groups -OCH3 is 1. The van der Waals surface area contributed by atoms with Crippen LogP contribution in [0.4, 0.5) is 0 Å². The van der Waals surface area contributed by atoms with Crippen molar-refractivity contribution in [3.8, 4) is 0 Å². The molecule has 0 fully saturated rings. The fourth-order valence-corrected chi connectivity index (χ4v) is 3.00. The van der Waals surface area contributed by atoms with E-state index in [1.165, 1.54) is 0 Å². The van der Waals surface area contributed by atoms with E-state index in [0.29, 0.717) is 19.6 Å². The van der Waals surface area contributed by atoms with E-state index < -0.39 is 0 Å². The molecule has 0 bridgehead atoms. The van der Waals surface area contributed by atoms with Gasteiger partial charge in [0, 0.05) is 62.3 Å². The molecule has 0 radical (unpaired) electrons. The molecule has 0 unspecified atom stereocenters. The molecule has 0 aliphatic carbocycles. The highest BCUT2D eigenvalue weighted by molar-refractivity contribution is 6.31. The third-order valence-electron chi connectivity index (χ3n) is 4.16. The summed E-state index contributed by atoms with van der Waals surface area (Å²) in [5, 5.41) is 0.773. The minimum Gasteiger partial charge on any atom is -0.384 e. The number of pyridine rings is 1. The lowest BCUT2D eigenvalue weighted by Crippen LogP contribution is -2.23. The molecule has 27 heavy (non-hydrogen) atoms. The minimum atomic E-state index is 0.623. The third kappa shape index (κ3) is 6.10. The molecule has 6 heteroatoms. The van der Waals surface area contributed by atoms with Gasteiger partial charge in [0.05, 0.1) is 12.3 Å². The van der Waals surface area contributed by atoms with Crippen molar-refractivity contribution in [2.24, 2.45) is 0 Å². The second-order valence-electron chi connectivity index (χ2n) is 6.31. The van der Waals surface area contributed by atoms with E-state index in [-0.39, 0.29) is 0 Å². The van der Waals surface area contributed by atoms with Crippen molar-refractivity contribution >= 4 is 11.6 Å². The van der Waals surface area contributed by atoms with Gasteiger partial charge in [-0.15, -0.1) is 0 Å². The first-order chi connectivity index (χ1) is 13.2. The molecule has 5 nitrogen and oxygen atoms in total. The van der Waals surface area contributed by atoms with Gasteiger partial charge >= 0.3 is 0 Å². The number of nitrogens with zero attached hydrogens (tertiary/aromatic N) is 4. The van der Waals surface area contributed by atoms with Gasteiger partial charge in [-0.3, -0.25) is 9.88 Å². The van der Waals surface area contributed by atoms with E-state index in [4.69, 9.17) is 16.3 Å². The van der Waals surface area contributed by atoms with Crippen LogP contribution in [0.5, 0.6) is 0 Å². The second-order valence-corrected chi connectivity index (χ2v) is 6.72. The summed E-state index contributed by atoms with van der Waals surface area (Å²) < 4.78 is 5.08. The van der Waals surface area contributed by atoms with Gasteiger partial charge in [0.1, 0.15) is 5.82 Å². The maximum Gasteiger partial charge on any atom is 0.130 e. The predicted molar refractivity (Wildman–Crippen MR) is 106 cm³/mol. The SMILES string of the molecule is COCCc1ncc(CN(Cc2ccccn2)Cc2ccccc2Cl)cn1. The van der Waals surface area contributed by atoms with Crippen molar-refractivity contribution in [2.75, 3.05) is 13.7 Å². The molecule has 0 saturated heterocycles. The van der Waals surface area contributed by atoms with Crippen LogP contribution in [0.1, 0.15) is 22.6 Å².